The van der Waals surface area contributed by atoms with Crippen molar-refractivity contribution in [2.24, 2.45) is 5.73 Å². The second-order valence-corrected chi connectivity index (χ2v) is 9.59. The van der Waals surface area contributed by atoms with Gasteiger partial charge in [0.25, 0.3) is 0 Å². The third-order valence-electron chi connectivity index (χ3n) is 8.07. The normalized spacial score (nSPS) is 23.0. The Morgan fingerprint density at radius 1 is 1.03 bits per heavy atom. The molecular formula is C24H26N8. The highest BCUT2D eigenvalue weighted by Crippen LogP contribution is 2.54. The first-order valence-corrected chi connectivity index (χ1v) is 11.5. The van der Waals surface area contributed by atoms with Gasteiger partial charge in [0.2, 0.25) is 0 Å². The molecule has 8 heteroatoms. The first kappa shape index (κ1) is 18.3. The van der Waals surface area contributed by atoms with E-state index in [1.807, 2.05) is 12.4 Å². The Labute approximate surface area is 185 Å². The van der Waals surface area contributed by atoms with E-state index < -0.39 is 0 Å². The largest absolute Gasteiger partial charge is 0.355 e. The van der Waals surface area contributed by atoms with Gasteiger partial charge in [-0.05, 0) is 37.3 Å². The van der Waals surface area contributed by atoms with Gasteiger partial charge < -0.3 is 10.6 Å². The van der Waals surface area contributed by atoms with Gasteiger partial charge in [-0.1, -0.05) is 30.3 Å². The maximum atomic E-state index is 6.57. The van der Waals surface area contributed by atoms with Crippen molar-refractivity contribution in [2.75, 3.05) is 18.0 Å². The van der Waals surface area contributed by atoms with E-state index in [0.717, 1.165) is 68.0 Å². The fourth-order valence-corrected chi connectivity index (χ4v) is 6.04. The standard InChI is InChI=1S/C24H26N8/c25-17-15-32-18(6-11-27-32)24(17)9-12-31(13-10-24)19-14-26-20-21(29-30-22(20)28-19)23(7-8-23)16-4-2-1-3-5-16/h1-6,11,14,17H,7-10,12-13,15,25H2,(H,28,29,30)/t17-/m1/s1. The summed E-state index contributed by atoms with van der Waals surface area (Å²) < 4.78 is 2.08. The molecule has 3 aromatic heterocycles. The van der Waals surface area contributed by atoms with Crippen molar-refractivity contribution < 1.29 is 0 Å². The van der Waals surface area contributed by atoms with E-state index in [1.54, 1.807) is 0 Å². The molecule has 1 saturated carbocycles. The zero-order valence-corrected chi connectivity index (χ0v) is 17.9. The molecule has 3 N–H and O–H groups in total. The molecule has 1 atom stereocenters. The Bertz CT molecular complexity index is 1290. The Morgan fingerprint density at radius 3 is 2.62 bits per heavy atom. The van der Waals surface area contributed by atoms with Crippen molar-refractivity contribution in [1.82, 2.24) is 29.9 Å². The summed E-state index contributed by atoms with van der Waals surface area (Å²) in [6, 6.07) is 12.9. The van der Waals surface area contributed by atoms with Crippen LogP contribution in [0.4, 0.5) is 5.82 Å². The molecule has 0 radical (unpaired) electrons. The number of aromatic amines is 1. The number of rotatable bonds is 3. The molecule has 0 bridgehead atoms. The van der Waals surface area contributed by atoms with Crippen LogP contribution in [0.3, 0.4) is 0 Å². The van der Waals surface area contributed by atoms with Gasteiger partial charge in [0, 0.05) is 41.9 Å². The number of hydrogen-bond donors (Lipinski definition) is 2. The molecule has 7 rings (SSSR count). The van der Waals surface area contributed by atoms with Crippen molar-refractivity contribution >= 4 is 17.0 Å². The lowest BCUT2D eigenvalue weighted by atomic mass is 9.72. The van der Waals surface area contributed by atoms with Gasteiger partial charge in [0.1, 0.15) is 17.0 Å². The van der Waals surface area contributed by atoms with Crippen LogP contribution in [0.5, 0.6) is 0 Å². The van der Waals surface area contributed by atoms with Crippen molar-refractivity contribution in [3.8, 4) is 0 Å². The van der Waals surface area contributed by atoms with Crippen LogP contribution in [-0.2, 0) is 17.4 Å². The SMILES string of the molecule is N[C@@H]1Cn2nccc2C12CCN(c1cnc3c(C4(c5ccccc5)CC4)n[nH]c3n1)CC2. The Balaban J connectivity index is 1.16. The van der Waals surface area contributed by atoms with Crippen LogP contribution in [0, 0.1) is 0 Å². The molecule has 0 unspecified atom stereocenters. The van der Waals surface area contributed by atoms with E-state index in [9.17, 15) is 0 Å². The smallest absolute Gasteiger partial charge is 0.176 e. The van der Waals surface area contributed by atoms with Crippen molar-refractivity contribution in [2.45, 2.75) is 49.1 Å². The number of aromatic nitrogens is 6. The molecule has 5 heterocycles. The van der Waals surface area contributed by atoms with Gasteiger partial charge in [-0.15, -0.1) is 0 Å². The average Bonchev–Trinajstić information content (AvgIpc) is 3.19. The van der Waals surface area contributed by atoms with E-state index in [-0.39, 0.29) is 16.9 Å². The van der Waals surface area contributed by atoms with E-state index in [4.69, 9.17) is 15.7 Å². The molecular weight excluding hydrogens is 400 g/mol. The van der Waals surface area contributed by atoms with Crippen molar-refractivity contribution in [3.05, 3.63) is 65.7 Å². The maximum Gasteiger partial charge on any atom is 0.176 e. The first-order valence-electron chi connectivity index (χ1n) is 11.5. The van der Waals surface area contributed by atoms with E-state index >= 15 is 0 Å². The van der Waals surface area contributed by atoms with Gasteiger partial charge in [-0.3, -0.25) is 9.78 Å². The predicted molar refractivity (Wildman–Crippen MR) is 121 cm³/mol. The Hall–Kier alpha value is -3.26. The molecule has 32 heavy (non-hydrogen) atoms. The summed E-state index contributed by atoms with van der Waals surface area (Å²) in [7, 11) is 0. The molecule has 2 aliphatic heterocycles. The van der Waals surface area contributed by atoms with Crippen LogP contribution in [0.15, 0.2) is 48.8 Å². The van der Waals surface area contributed by atoms with Crippen LogP contribution >= 0.6 is 0 Å². The van der Waals surface area contributed by atoms with Crippen molar-refractivity contribution in [3.63, 3.8) is 0 Å². The molecule has 1 aliphatic carbocycles. The summed E-state index contributed by atoms with van der Waals surface area (Å²) in [6.07, 6.45) is 8.03. The summed E-state index contributed by atoms with van der Waals surface area (Å²) in [6.45, 7) is 2.64. The minimum Gasteiger partial charge on any atom is -0.355 e. The van der Waals surface area contributed by atoms with Crippen LogP contribution in [0.2, 0.25) is 0 Å². The fourth-order valence-electron chi connectivity index (χ4n) is 6.04. The zero-order valence-electron chi connectivity index (χ0n) is 17.9. The molecule has 0 amide bonds. The van der Waals surface area contributed by atoms with Gasteiger partial charge in [0.15, 0.2) is 5.65 Å². The molecule has 3 aliphatic rings. The number of nitrogens with zero attached hydrogens (tertiary/aromatic N) is 6. The minimum atomic E-state index is -0.0191. The highest BCUT2D eigenvalue weighted by molar-refractivity contribution is 5.77. The number of H-pyrrole nitrogens is 1. The average molecular weight is 427 g/mol. The topological polar surface area (TPSA) is 102 Å². The molecule has 162 valence electrons. The van der Waals surface area contributed by atoms with E-state index in [1.165, 1.54) is 11.3 Å². The van der Waals surface area contributed by atoms with Gasteiger partial charge in [0.05, 0.1) is 12.7 Å². The molecule has 4 aromatic rings. The number of nitrogens with one attached hydrogen (secondary N) is 1. The maximum absolute atomic E-state index is 6.57. The van der Waals surface area contributed by atoms with Crippen LogP contribution < -0.4 is 10.6 Å². The van der Waals surface area contributed by atoms with Gasteiger partial charge in [-0.25, -0.2) is 9.97 Å². The highest BCUT2D eigenvalue weighted by atomic mass is 15.3. The van der Waals surface area contributed by atoms with E-state index in [2.05, 4.69) is 61.3 Å². The molecule has 8 nitrogen and oxygen atoms in total. The number of piperidine rings is 1. The summed E-state index contributed by atoms with van der Waals surface area (Å²) in [4.78, 5) is 12.1. The second-order valence-electron chi connectivity index (χ2n) is 9.59. The third-order valence-corrected chi connectivity index (χ3v) is 8.07. The highest BCUT2D eigenvalue weighted by Gasteiger charge is 2.50. The molecule has 1 aromatic carbocycles. The van der Waals surface area contributed by atoms with Gasteiger partial charge >= 0.3 is 0 Å². The summed E-state index contributed by atoms with van der Waals surface area (Å²) in [5.74, 6) is 0.909. The monoisotopic (exact) mass is 426 g/mol. The molecule has 1 saturated heterocycles. The van der Waals surface area contributed by atoms with Crippen LogP contribution in [-0.4, -0.2) is 49.1 Å². The predicted octanol–water partition coefficient (Wildman–Crippen LogP) is 2.51. The molecule has 2 fully saturated rings. The minimum absolute atomic E-state index is 0.0191. The quantitative estimate of drug-likeness (QED) is 0.522. The lowest BCUT2D eigenvalue weighted by Gasteiger charge is -2.41. The zero-order chi connectivity index (χ0) is 21.3. The number of anilines is 1. The van der Waals surface area contributed by atoms with E-state index in [0.29, 0.717) is 0 Å². The Kier molecular flexibility index (Phi) is 3.66. The van der Waals surface area contributed by atoms with Crippen LogP contribution in [0.25, 0.3) is 11.2 Å². The molecule has 1 spiro atoms. The number of fused-ring (bicyclic) bond motifs is 3. The lowest BCUT2D eigenvalue weighted by Crippen LogP contribution is -2.50. The Morgan fingerprint density at radius 2 is 1.84 bits per heavy atom. The van der Waals surface area contributed by atoms with Crippen molar-refractivity contribution in [1.29, 1.82) is 0 Å². The summed E-state index contributed by atoms with van der Waals surface area (Å²) in [5, 5.41) is 12.3. The first-order chi connectivity index (χ1) is 15.7. The third kappa shape index (κ3) is 2.41. The number of nitrogens with two attached hydrogens (primary N) is 1. The van der Waals surface area contributed by atoms with Crippen LogP contribution in [0.1, 0.15) is 42.6 Å². The summed E-state index contributed by atoms with van der Waals surface area (Å²) >= 11 is 0. The number of benzene rings is 1. The summed E-state index contributed by atoms with van der Waals surface area (Å²) in [5.41, 5.74) is 11.9. The lowest BCUT2D eigenvalue weighted by molar-refractivity contribution is 0.291. The number of hydrogen-bond acceptors (Lipinski definition) is 6. The second kappa shape index (κ2) is 6.38. The van der Waals surface area contributed by atoms with Gasteiger partial charge in [-0.2, -0.15) is 10.2 Å². The fraction of sp³-hybridized carbons (Fsp3) is 0.417.